The molecule has 2 N–H and O–H groups in total. The second-order valence-corrected chi connectivity index (χ2v) is 6.87. The third-order valence-corrected chi connectivity index (χ3v) is 4.67. The highest BCUT2D eigenvalue weighted by Gasteiger charge is 2.21. The molecule has 0 saturated heterocycles. The monoisotopic (exact) mass is 306 g/mol. The summed E-state index contributed by atoms with van der Waals surface area (Å²) in [5.74, 6) is 0.0255. The number of carbonyl (C=O) groups excluding carboxylic acids is 2. The predicted octanol–water partition coefficient (Wildman–Crippen LogP) is 3.18. The summed E-state index contributed by atoms with van der Waals surface area (Å²) in [7, 11) is 0. The molecule has 1 atom stereocenters. The lowest BCUT2D eigenvalue weighted by Gasteiger charge is -2.16. The quantitative estimate of drug-likeness (QED) is 0.821. The van der Waals surface area contributed by atoms with Gasteiger partial charge in [-0.15, -0.1) is 11.8 Å². The molecule has 5 heteroatoms. The molecule has 4 nitrogen and oxygen atoms in total. The van der Waals surface area contributed by atoms with E-state index in [2.05, 4.69) is 10.6 Å². The fourth-order valence-electron chi connectivity index (χ4n) is 2.47. The summed E-state index contributed by atoms with van der Waals surface area (Å²) in [4.78, 5) is 24.1. The van der Waals surface area contributed by atoms with Crippen LogP contribution in [0.15, 0.2) is 29.2 Å². The van der Waals surface area contributed by atoms with Gasteiger partial charge >= 0.3 is 0 Å². The summed E-state index contributed by atoms with van der Waals surface area (Å²) in [6, 6.07) is 7.92. The lowest BCUT2D eigenvalue weighted by Crippen LogP contribution is -2.37. The van der Waals surface area contributed by atoms with E-state index in [1.54, 1.807) is 0 Å². The van der Waals surface area contributed by atoms with Gasteiger partial charge in [-0.25, -0.2) is 0 Å². The molecule has 21 heavy (non-hydrogen) atoms. The zero-order valence-corrected chi connectivity index (χ0v) is 13.3. The minimum Gasteiger partial charge on any atom is -0.352 e. The number of thioether (sulfide) groups is 1. The van der Waals surface area contributed by atoms with E-state index in [4.69, 9.17) is 0 Å². The topological polar surface area (TPSA) is 58.2 Å². The van der Waals surface area contributed by atoms with Crippen molar-refractivity contribution in [3.8, 4) is 0 Å². The van der Waals surface area contributed by atoms with Crippen LogP contribution in [0.5, 0.6) is 0 Å². The van der Waals surface area contributed by atoms with E-state index in [9.17, 15) is 9.59 Å². The first-order valence-electron chi connectivity index (χ1n) is 7.39. The molecule has 114 valence electrons. The van der Waals surface area contributed by atoms with Gasteiger partial charge in [0.15, 0.2) is 0 Å². The minimum atomic E-state index is -0.114. The van der Waals surface area contributed by atoms with E-state index >= 15 is 0 Å². The molecule has 0 bridgehead atoms. The number of hydrogen-bond donors (Lipinski definition) is 2. The molecule has 0 unspecified atom stereocenters. The van der Waals surface area contributed by atoms with Gasteiger partial charge in [0.1, 0.15) is 0 Å². The Bertz CT molecular complexity index is 496. The van der Waals surface area contributed by atoms with Gasteiger partial charge in [0.05, 0.1) is 5.25 Å². The van der Waals surface area contributed by atoms with Crippen molar-refractivity contribution in [3.05, 3.63) is 24.3 Å². The minimum absolute atomic E-state index is 0.0836. The highest BCUT2D eigenvalue weighted by atomic mass is 32.2. The molecule has 0 aromatic heterocycles. The van der Waals surface area contributed by atoms with E-state index in [0.29, 0.717) is 6.04 Å². The van der Waals surface area contributed by atoms with Gasteiger partial charge in [0.25, 0.3) is 0 Å². The highest BCUT2D eigenvalue weighted by Crippen LogP contribution is 2.25. The Morgan fingerprint density at radius 2 is 1.81 bits per heavy atom. The molecule has 2 rings (SSSR count). The third kappa shape index (κ3) is 5.08. The Labute approximate surface area is 130 Å². The molecular weight excluding hydrogens is 284 g/mol. The smallest absolute Gasteiger partial charge is 0.233 e. The number of amides is 2. The van der Waals surface area contributed by atoms with Crippen LogP contribution in [0.25, 0.3) is 0 Å². The molecular formula is C16H22N2O2S. The van der Waals surface area contributed by atoms with E-state index < -0.39 is 0 Å². The van der Waals surface area contributed by atoms with Crippen LogP contribution in [0.2, 0.25) is 0 Å². The summed E-state index contributed by atoms with van der Waals surface area (Å²) in [6.07, 6.45) is 4.65. The van der Waals surface area contributed by atoms with Crippen LogP contribution in [0, 0.1) is 0 Å². The van der Waals surface area contributed by atoms with Crippen molar-refractivity contribution in [2.24, 2.45) is 0 Å². The van der Waals surface area contributed by atoms with Crippen LogP contribution in [0.3, 0.4) is 0 Å². The number of carbonyl (C=O) groups is 2. The van der Waals surface area contributed by atoms with Gasteiger partial charge in [-0.3, -0.25) is 9.59 Å². The van der Waals surface area contributed by atoms with Gasteiger partial charge in [-0.1, -0.05) is 12.8 Å². The normalized spacial score (nSPS) is 16.5. The second kappa shape index (κ2) is 7.50. The van der Waals surface area contributed by atoms with E-state index in [0.717, 1.165) is 23.4 Å². The Morgan fingerprint density at radius 1 is 1.19 bits per heavy atom. The SMILES string of the molecule is CC(=O)Nc1ccc(S[C@H](C)C(=O)NC2CCCC2)cc1. The fraction of sp³-hybridized carbons (Fsp3) is 0.500. The number of hydrogen-bond acceptors (Lipinski definition) is 3. The van der Waals surface area contributed by atoms with E-state index in [1.807, 2.05) is 31.2 Å². The lowest BCUT2D eigenvalue weighted by atomic mass is 10.2. The van der Waals surface area contributed by atoms with Gasteiger partial charge in [0.2, 0.25) is 11.8 Å². The number of anilines is 1. The molecule has 1 fully saturated rings. The maximum atomic E-state index is 12.1. The zero-order chi connectivity index (χ0) is 15.2. The molecule has 1 aromatic rings. The number of rotatable bonds is 5. The molecule has 0 aliphatic heterocycles. The van der Waals surface area contributed by atoms with Crippen LogP contribution >= 0.6 is 11.8 Å². The van der Waals surface area contributed by atoms with Crippen molar-refractivity contribution in [1.82, 2.24) is 5.32 Å². The molecule has 0 heterocycles. The summed E-state index contributed by atoms with van der Waals surface area (Å²) in [5, 5.41) is 5.73. The van der Waals surface area contributed by atoms with Gasteiger partial charge in [-0.05, 0) is 44.0 Å². The summed E-state index contributed by atoms with van der Waals surface area (Å²) >= 11 is 1.54. The highest BCUT2D eigenvalue weighted by molar-refractivity contribution is 8.00. The first-order chi connectivity index (χ1) is 10.0. The Morgan fingerprint density at radius 3 is 2.38 bits per heavy atom. The first-order valence-corrected chi connectivity index (χ1v) is 8.27. The largest absolute Gasteiger partial charge is 0.352 e. The van der Waals surface area contributed by atoms with Crippen molar-refractivity contribution in [2.75, 3.05) is 5.32 Å². The predicted molar refractivity (Wildman–Crippen MR) is 86.5 cm³/mol. The molecule has 1 aliphatic carbocycles. The van der Waals surface area contributed by atoms with Gasteiger partial charge in [-0.2, -0.15) is 0 Å². The Balaban J connectivity index is 1.84. The third-order valence-electron chi connectivity index (χ3n) is 3.56. The van der Waals surface area contributed by atoms with Gasteiger partial charge in [0, 0.05) is 23.5 Å². The summed E-state index contributed by atoms with van der Waals surface area (Å²) < 4.78 is 0. The zero-order valence-electron chi connectivity index (χ0n) is 12.5. The molecule has 0 spiro atoms. The van der Waals surface area contributed by atoms with Crippen LogP contribution in [-0.2, 0) is 9.59 Å². The van der Waals surface area contributed by atoms with Crippen LogP contribution in [0.1, 0.15) is 39.5 Å². The Hall–Kier alpha value is -1.49. The summed E-state index contributed by atoms with van der Waals surface area (Å²) in [5.41, 5.74) is 0.773. The maximum absolute atomic E-state index is 12.1. The van der Waals surface area contributed by atoms with Crippen LogP contribution < -0.4 is 10.6 Å². The van der Waals surface area contributed by atoms with Crippen molar-refractivity contribution in [2.45, 2.75) is 55.7 Å². The average molecular weight is 306 g/mol. The number of nitrogens with one attached hydrogen (secondary N) is 2. The summed E-state index contributed by atoms with van der Waals surface area (Å²) in [6.45, 7) is 3.41. The lowest BCUT2D eigenvalue weighted by molar-refractivity contribution is -0.121. The second-order valence-electron chi connectivity index (χ2n) is 5.46. The first kappa shape index (κ1) is 15.9. The molecule has 2 amide bonds. The van der Waals surface area contributed by atoms with E-state index in [-0.39, 0.29) is 17.1 Å². The molecule has 1 aromatic carbocycles. The molecule has 1 aliphatic rings. The van der Waals surface area contributed by atoms with Crippen molar-refractivity contribution in [3.63, 3.8) is 0 Å². The fourth-order valence-corrected chi connectivity index (χ4v) is 3.34. The molecule has 1 saturated carbocycles. The maximum Gasteiger partial charge on any atom is 0.233 e. The van der Waals surface area contributed by atoms with Crippen LogP contribution in [0.4, 0.5) is 5.69 Å². The average Bonchev–Trinajstić information content (AvgIpc) is 2.93. The van der Waals surface area contributed by atoms with E-state index in [1.165, 1.54) is 31.5 Å². The van der Waals surface area contributed by atoms with Crippen molar-refractivity contribution < 1.29 is 9.59 Å². The van der Waals surface area contributed by atoms with Crippen molar-refractivity contribution in [1.29, 1.82) is 0 Å². The van der Waals surface area contributed by atoms with Gasteiger partial charge < -0.3 is 10.6 Å². The standard InChI is InChI=1S/C16H22N2O2S/c1-11(16(20)18-13-5-3-4-6-13)21-15-9-7-14(8-10-15)17-12(2)19/h7-11,13H,3-6H2,1-2H3,(H,17,19)(H,18,20)/t11-/m1/s1. The molecule has 0 radical (unpaired) electrons. The number of benzene rings is 1. The Kier molecular flexibility index (Phi) is 5.67. The van der Waals surface area contributed by atoms with Crippen LogP contribution in [-0.4, -0.2) is 23.1 Å². The van der Waals surface area contributed by atoms with Crippen molar-refractivity contribution >= 4 is 29.3 Å².